The first-order chi connectivity index (χ1) is 19.5. The van der Waals surface area contributed by atoms with Gasteiger partial charge in [-0.1, -0.05) is 88.3 Å². The highest BCUT2D eigenvalue weighted by Crippen LogP contribution is 2.48. The highest BCUT2D eigenvalue weighted by atomic mass is 35.5. The molecule has 41 heavy (non-hydrogen) atoms. The van der Waals surface area contributed by atoms with E-state index >= 15 is 0 Å². The average molecular weight is 672 g/mol. The number of esters is 2. The van der Waals surface area contributed by atoms with Gasteiger partial charge in [0.25, 0.3) is 0 Å². The van der Waals surface area contributed by atoms with E-state index < -0.39 is 42.4 Å². The van der Waals surface area contributed by atoms with Crippen LogP contribution in [0.4, 0.5) is 4.79 Å². The molecule has 0 aromatic heterocycles. The number of carbonyl (C=O) groups is 4. The minimum Gasteiger partial charge on any atom is -0.467 e. The molecule has 2 atom stereocenters. The van der Waals surface area contributed by atoms with Crippen molar-refractivity contribution >= 4 is 81.9 Å². The number of alkyl carbamates (subject to hydrolysis) is 1. The van der Waals surface area contributed by atoms with Crippen LogP contribution in [-0.2, 0) is 30.5 Å². The summed E-state index contributed by atoms with van der Waals surface area (Å²) in [5.74, 6) is -2.64. The lowest BCUT2D eigenvalue weighted by Gasteiger charge is -2.22. The molecule has 0 spiro atoms. The molecule has 0 radical (unpaired) electrons. The first-order valence-corrected chi connectivity index (χ1v) is 14.2. The fourth-order valence-corrected chi connectivity index (χ4v) is 4.63. The van der Waals surface area contributed by atoms with E-state index in [9.17, 15) is 19.2 Å². The Morgan fingerprint density at radius 1 is 0.829 bits per heavy atom. The summed E-state index contributed by atoms with van der Waals surface area (Å²) in [6.07, 6.45) is -0.190. The number of hydrogen-bond acceptors (Lipinski definition) is 8. The minimum atomic E-state index is -1.31. The number of benzene rings is 2. The summed E-state index contributed by atoms with van der Waals surface area (Å²) in [6.45, 7) is 0.335. The standard InChI is InChI=1S/C26H28Cl5N3O7/c1-39-25(37)16(9-5-6-12-32)33-24(36)15(34-26(38)40-13-14-7-3-2-4-8-14)10-11-17(35)41-23-21(30)19(28)18(27)20(29)22(23)31/h2-4,7-8,15-16H,5-6,9-13,32H2,1H3,(H,33,36)(H,34,38)/t15-,16-/m0/s1. The molecule has 2 aromatic rings. The Hall–Kier alpha value is -2.47. The molecule has 224 valence electrons. The van der Waals surface area contributed by atoms with Crippen molar-refractivity contribution in [3.05, 3.63) is 61.0 Å². The predicted molar refractivity (Wildman–Crippen MR) is 157 cm³/mol. The molecule has 0 saturated heterocycles. The SMILES string of the molecule is COC(=O)[C@H](CCCCN)NC(=O)[C@H](CCC(=O)Oc1c(Cl)c(Cl)c(Cl)c(Cl)c1Cl)NC(=O)OCc1ccccc1. The van der Waals surface area contributed by atoms with Crippen LogP contribution in [-0.4, -0.2) is 49.7 Å². The van der Waals surface area contributed by atoms with E-state index in [1.165, 1.54) is 7.11 Å². The van der Waals surface area contributed by atoms with E-state index in [0.29, 0.717) is 24.9 Å². The molecule has 0 unspecified atom stereocenters. The van der Waals surface area contributed by atoms with Crippen molar-refractivity contribution in [3.63, 3.8) is 0 Å². The maximum Gasteiger partial charge on any atom is 0.408 e. The van der Waals surface area contributed by atoms with Crippen molar-refractivity contribution < 1.29 is 33.4 Å². The largest absolute Gasteiger partial charge is 0.467 e. The Labute approximate surface area is 262 Å². The first kappa shape index (κ1) is 34.7. The monoisotopic (exact) mass is 669 g/mol. The highest BCUT2D eigenvalue weighted by molar-refractivity contribution is 6.55. The third-order valence-electron chi connectivity index (χ3n) is 5.59. The molecule has 2 rings (SSSR count). The van der Waals surface area contributed by atoms with Gasteiger partial charge in [0.15, 0.2) is 5.75 Å². The van der Waals surface area contributed by atoms with Gasteiger partial charge in [0.05, 0.1) is 22.2 Å². The number of halogens is 5. The van der Waals surface area contributed by atoms with Crippen LogP contribution in [0.2, 0.25) is 25.1 Å². The number of rotatable bonds is 14. The number of carbonyl (C=O) groups excluding carboxylic acids is 4. The Bertz CT molecular complexity index is 1200. The predicted octanol–water partition coefficient (Wildman–Crippen LogP) is 5.72. The van der Waals surface area contributed by atoms with Gasteiger partial charge in [0, 0.05) is 6.42 Å². The molecule has 2 amide bonds. The Kier molecular flexibility index (Phi) is 14.8. The third kappa shape index (κ3) is 10.7. The maximum atomic E-state index is 13.2. The van der Waals surface area contributed by atoms with E-state index in [1.807, 2.05) is 0 Å². The number of methoxy groups -OCH3 is 1. The molecule has 0 aliphatic heterocycles. The zero-order valence-electron chi connectivity index (χ0n) is 21.8. The molecule has 0 heterocycles. The summed E-state index contributed by atoms with van der Waals surface area (Å²) < 4.78 is 15.2. The van der Waals surface area contributed by atoms with Crippen LogP contribution in [0.3, 0.4) is 0 Å². The molecule has 15 heteroatoms. The van der Waals surface area contributed by atoms with Crippen LogP contribution < -0.4 is 21.1 Å². The van der Waals surface area contributed by atoms with E-state index in [1.54, 1.807) is 30.3 Å². The minimum absolute atomic E-state index is 0.0674. The Morgan fingerprint density at radius 2 is 1.44 bits per heavy atom. The lowest BCUT2D eigenvalue weighted by Crippen LogP contribution is -2.52. The van der Waals surface area contributed by atoms with Gasteiger partial charge in [0.2, 0.25) is 5.91 Å². The second kappa shape index (κ2) is 17.5. The normalized spacial score (nSPS) is 12.2. The molecule has 0 bridgehead atoms. The number of nitrogens with one attached hydrogen (secondary N) is 2. The average Bonchev–Trinajstić information content (AvgIpc) is 2.97. The summed E-state index contributed by atoms with van der Waals surface area (Å²) in [6, 6.07) is 6.54. The van der Waals surface area contributed by atoms with Crippen LogP contribution >= 0.6 is 58.0 Å². The van der Waals surface area contributed by atoms with Crippen LogP contribution in [0.1, 0.15) is 37.7 Å². The summed E-state index contributed by atoms with van der Waals surface area (Å²) >= 11 is 30.2. The third-order valence-corrected chi connectivity index (χ3v) is 7.84. The molecule has 10 nitrogen and oxygen atoms in total. The van der Waals surface area contributed by atoms with Gasteiger partial charge in [0.1, 0.15) is 28.7 Å². The molecule has 0 saturated carbocycles. The van der Waals surface area contributed by atoms with Gasteiger partial charge in [-0.3, -0.25) is 9.59 Å². The van der Waals surface area contributed by atoms with Crippen molar-refractivity contribution in [1.29, 1.82) is 0 Å². The van der Waals surface area contributed by atoms with Gasteiger partial charge in [-0.15, -0.1) is 0 Å². The first-order valence-electron chi connectivity index (χ1n) is 12.3. The highest BCUT2D eigenvalue weighted by Gasteiger charge is 2.29. The van der Waals surface area contributed by atoms with Crippen molar-refractivity contribution in [2.45, 2.75) is 50.8 Å². The number of nitrogens with two attached hydrogens (primary N) is 1. The molecule has 2 aromatic carbocycles. The maximum absolute atomic E-state index is 13.2. The zero-order valence-corrected chi connectivity index (χ0v) is 25.6. The van der Waals surface area contributed by atoms with Crippen LogP contribution in [0, 0.1) is 0 Å². The van der Waals surface area contributed by atoms with E-state index in [0.717, 1.165) is 0 Å². The van der Waals surface area contributed by atoms with Crippen molar-refractivity contribution in [1.82, 2.24) is 10.6 Å². The summed E-state index contributed by atoms with van der Waals surface area (Å²) in [5, 5.41) is 4.02. The second-order valence-electron chi connectivity index (χ2n) is 8.54. The number of ether oxygens (including phenoxy) is 3. The van der Waals surface area contributed by atoms with E-state index in [4.69, 9.17) is 77.9 Å². The smallest absolute Gasteiger partial charge is 0.408 e. The quantitative estimate of drug-likeness (QED) is 0.0760. The topological polar surface area (TPSA) is 146 Å². The van der Waals surface area contributed by atoms with Gasteiger partial charge < -0.3 is 30.6 Å². The van der Waals surface area contributed by atoms with Gasteiger partial charge in [-0.2, -0.15) is 0 Å². The molecule has 0 aliphatic carbocycles. The number of unbranched alkanes of at least 4 members (excludes halogenated alkanes) is 1. The molecular weight excluding hydrogens is 644 g/mol. The van der Waals surface area contributed by atoms with E-state index in [-0.39, 0.29) is 50.3 Å². The fraction of sp³-hybridized carbons (Fsp3) is 0.385. The Morgan fingerprint density at radius 3 is 2.02 bits per heavy atom. The van der Waals surface area contributed by atoms with Crippen LogP contribution in [0.25, 0.3) is 0 Å². The summed E-state index contributed by atoms with van der Waals surface area (Å²) in [5.41, 5.74) is 6.23. The van der Waals surface area contributed by atoms with Crippen molar-refractivity contribution in [3.8, 4) is 5.75 Å². The number of amides is 2. The Balaban J connectivity index is 2.16. The molecule has 0 fully saturated rings. The lowest BCUT2D eigenvalue weighted by molar-refractivity contribution is -0.145. The number of hydrogen-bond donors (Lipinski definition) is 3. The van der Waals surface area contributed by atoms with Crippen molar-refractivity contribution in [2.75, 3.05) is 13.7 Å². The summed E-state index contributed by atoms with van der Waals surface area (Å²) in [4.78, 5) is 50.6. The van der Waals surface area contributed by atoms with Gasteiger partial charge in [-0.25, -0.2) is 9.59 Å². The van der Waals surface area contributed by atoms with Gasteiger partial charge >= 0.3 is 18.0 Å². The molecular formula is C26H28Cl5N3O7. The van der Waals surface area contributed by atoms with E-state index in [2.05, 4.69) is 10.6 Å². The summed E-state index contributed by atoms with van der Waals surface area (Å²) in [7, 11) is 1.18. The second-order valence-corrected chi connectivity index (χ2v) is 10.4. The molecule has 0 aliphatic rings. The van der Waals surface area contributed by atoms with Crippen molar-refractivity contribution in [2.24, 2.45) is 5.73 Å². The van der Waals surface area contributed by atoms with Crippen LogP contribution in [0.5, 0.6) is 5.75 Å². The molecule has 4 N–H and O–H groups in total. The zero-order chi connectivity index (χ0) is 30.5. The lowest BCUT2D eigenvalue weighted by atomic mass is 10.1. The van der Waals surface area contributed by atoms with Crippen LogP contribution in [0.15, 0.2) is 30.3 Å². The fourth-order valence-electron chi connectivity index (χ4n) is 3.43. The van der Waals surface area contributed by atoms with Gasteiger partial charge in [-0.05, 0) is 37.8 Å².